The van der Waals surface area contributed by atoms with E-state index in [0.717, 1.165) is 49.0 Å². The van der Waals surface area contributed by atoms with Crippen molar-refractivity contribution in [2.24, 2.45) is 5.92 Å². The normalized spacial score (nSPS) is 19.0. The second kappa shape index (κ2) is 9.41. The Bertz CT molecular complexity index is 1290. The van der Waals surface area contributed by atoms with E-state index < -0.39 is 0 Å². The van der Waals surface area contributed by atoms with Gasteiger partial charge >= 0.3 is 6.03 Å². The SMILES string of the molecule is CC(C)Oc1ccc(-c2nc(-c3cccc4c3CC[C@@H]4NC(=O)N3CC[C@@H](C)C3)no2)cc1C#N. The van der Waals surface area contributed by atoms with Crippen LogP contribution in [-0.2, 0) is 6.42 Å². The van der Waals surface area contributed by atoms with Gasteiger partial charge in [-0.25, -0.2) is 4.79 Å². The molecule has 5 rings (SSSR count). The number of ether oxygens (including phenoxy) is 1. The van der Waals surface area contributed by atoms with Gasteiger partial charge < -0.3 is 19.5 Å². The Morgan fingerprint density at radius 1 is 1.29 bits per heavy atom. The Morgan fingerprint density at radius 3 is 2.89 bits per heavy atom. The molecule has 1 saturated heterocycles. The zero-order valence-electron chi connectivity index (χ0n) is 20.2. The molecular weight excluding hydrogens is 442 g/mol. The smallest absolute Gasteiger partial charge is 0.317 e. The number of urea groups is 1. The van der Waals surface area contributed by atoms with Gasteiger partial charge in [0.15, 0.2) is 0 Å². The molecule has 1 N–H and O–H groups in total. The Labute approximate surface area is 204 Å². The minimum atomic E-state index is -0.0318. The minimum absolute atomic E-state index is 0.0117. The number of hydrogen-bond acceptors (Lipinski definition) is 6. The Morgan fingerprint density at radius 2 is 2.14 bits per heavy atom. The summed E-state index contributed by atoms with van der Waals surface area (Å²) in [5, 5.41) is 17.0. The number of carbonyl (C=O) groups is 1. The highest BCUT2D eigenvalue weighted by atomic mass is 16.5. The molecule has 2 amide bonds. The van der Waals surface area contributed by atoms with Gasteiger partial charge in [0, 0.05) is 24.2 Å². The zero-order chi connectivity index (χ0) is 24.5. The number of nitrogens with one attached hydrogen (secondary N) is 1. The van der Waals surface area contributed by atoms with E-state index in [9.17, 15) is 10.1 Å². The molecule has 2 heterocycles. The van der Waals surface area contributed by atoms with Gasteiger partial charge in [0.2, 0.25) is 5.82 Å². The van der Waals surface area contributed by atoms with Crippen LogP contribution in [0.15, 0.2) is 40.9 Å². The van der Waals surface area contributed by atoms with E-state index in [2.05, 4.69) is 34.5 Å². The van der Waals surface area contributed by atoms with Crippen LogP contribution in [-0.4, -0.2) is 40.3 Å². The quantitative estimate of drug-likeness (QED) is 0.555. The van der Waals surface area contributed by atoms with E-state index in [0.29, 0.717) is 34.5 Å². The number of hydrogen-bond donors (Lipinski definition) is 1. The van der Waals surface area contributed by atoms with E-state index >= 15 is 0 Å². The van der Waals surface area contributed by atoms with Crippen LogP contribution in [0.4, 0.5) is 4.79 Å². The fraction of sp³-hybridized carbons (Fsp3) is 0.407. The molecule has 8 heteroatoms. The number of likely N-dealkylation sites (tertiary alicyclic amines) is 1. The Balaban J connectivity index is 1.37. The molecule has 0 unspecified atom stereocenters. The molecule has 1 aromatic heterocycles. The summed E-state index contributed by atoms with van der Waals surface area (Å²) in [5.41, 5.74) is 4.23. The molecule has 0 bridgehead atoms. The molecule has 8 nitrogen and oxygen atoms in total. The first-order chi connectivity index (χ1) is 16.9. The van der Waals surface area contributed by atoms with Crippen molar-refractivity contribution in [1.29, 1.82) is 5.26 Å². The summed E-state index contributed by atoms with van der Waals surface area (Å²) in [5.74, 6) is 1.93. The van der Waals surface area contributed by atoms with E-state index in [1.165, 1.54) is 0 Å². The molecule has 0 saturated carbocycles. The Kier molecular flexibility index (Phi) is 6.16. The first-order valence-electron chi connectivity index (χ1n) is 12.2. The van der Waals surface area contributed by atoms with Gasteiger partial charge in [-0.1, -0.05) is 30.3 Å². The van der Waals surface area contributed by atoms with Crippen LogP contribution in [0.3, 0.4) is 0 Å². The predicted octanol–water partition coefficient (Wildman–Crippen LogP) is 5.10. The summed E-state index contributed by atoms with van der Waals surface area (Å²) in [7, 11) is 0. The van der Waals surface area contributed by atoms with Gasteiger partial charge in [-0.3, -0.25) is 0 Å². The molecule has 3 aromatic rings. The standard InChI is InChI=1S/C27H29N5O3/c1-16(2)34-24-10-7-18(13-19(24)14-28)26-30-25(31-35-26)22-6-4-5-21-20(22)8-9-23(21)29-27(33)32-12-11-17(3)15-32/h4-7,10,13,16-17,23H,8-9,11-12,15H2,1-3H3,(H,29,33)/t17-,23+/m1/s1. The lowest BCUT2D eigenvalue weighted by molar-refractivity contribution is 0.203. The summed E-state index contributed by atoms with van der Waals surface area (Å²) in [6, 6.07) is 13.5. The summed E-state index contributed by atoms with van der Waals surface area (Å²) >= 11 is 0. The lowest BCUT2D eigenvalue weighted by atomic mass is 10.0. The number of fused-ring (bicyclic) bond motifs is 1. The number of rotatable bonds is 5. The van der Waals surface area contributed by atoms with Crippen molar-refractivity contribution < 1.29 is 14.1 Å². The molecule has 1 fully saturated rings. The summed E-state index contributed by atoms with van der Waals surface area (Å²) in [6.45, 7) is 7.64. The highest BCUT2D eigenvalue weighted by Gasteiger charge is 2.30. The minimum Gasteiger partial charge on any atom is -0.490 e. The van der Waals surface area contributed by atoms with E-state index in [-0.39, 0.29) is 18.2 Å². The van der Waals surface area contributed by atoms with Crippen LogP contribution in [0.1, 0.15) is 56.3 Å². The first kappa shape index (κ1) is 22.9. The van der Waals surface area contributed by atoms with Gasteiger partial charge in [0.1, 0.15) is 11.8 Å². The fourth-order valence-electron chi connectivity index (χ4n) is 4.93. The molecule has 180 valence electrons. The van der Waals surface area contributed by atoms with Crippen LogP contribution < -0.4 is 10.1 Å². The number of nitriles is 1. The highest BCUT2D eigenvalue weighted by molar-refractivity contribution is 5.76. The van der Waals surface area contributed by atoms with Crippen LogP contribution in [0.25, 0.3) is 22.8 Å². The number of benzene rings is 2. The first-order valence-corrected chi connectivity index (χ1v) is 12.2. The van der Waals surface area contributed by atoms with Crippen molar-refractivity contribution in [3.63, 3.8) is 0 Å². The monoisotopic (exact) mass is 471 g/mol. The van der Waals surface area contributed by atoms with Gasteiger partial charge in [-0.05, 0) is 68.4 Å². The van der Waals surface area contributed by atoms with Crippen LogP contribution >= 0.6 is 0 Å². The highest BCUT2D eigenvalue weighted by Crippen LogP contribution is 2.38. The maximum Gasteiger partial charge on any atom is 0.317 e. The molecule has 35 heavy (non-hydrogen) atoms. The maximum absolute atomic E-state index is 12.8. The van der Waals surface area contributed by atoms with Crippen LogP contribution in [0.5, 0.6) is 5.75 Å². The third-order valence-corrected chi connectivity index (χ3v) is 6.66. The van der Waals surface area contributed by atoms with Crippen molar-refractivity contribution in [3.05, 3.63) is 53.1 Å². The molecule has 2 aromatic carbocycles. The molecule has 2 aliphatic rings. The van der Waals surface area contributed by atoms with Crippen LogP contribution in [0.2, 0.25) is 0 Å². The summed E-state index contributed by atoms with van der Waals surface area (Å²) < 4.78 is 11.3. The average Bonchev–Trinajstić information content (AvgIpc) is 3.59. The zero-order valence-corrected chi connectivity index (χ0v) is 20.2. The molecule has 2 atom stereocenters. The van der Waals surface area contributed by atoms with Gasteiger partial charge in [0.05, 0.1) is 17.7 Å². The van der Waals surface area contributed by atoms with E-state index in [4.69, 9.17) is 9.26 Å². The van der Waals surface area contributed by atoms with Crippen molar-refractivity contribution in [2.45, 2.75) is 52.2 Å². The lowest BCUT2D eigenvalue weighted by Crippen LogP contribution is -2.39. The third-order valence-electron chi connectivity index (χ3n) is 6.66. The summed E-state index contributed by atoms with van der Waals surface area (Å²) in [6.07, 6.45) is 2.70. The third kappa shape index (κ3) is 4.59. The fourth-order valence-corrected chi connectivity index (χ4v) is 4.93. The van der Waals surface area contributed by atoms with E-state index in [1.54, 1.807) is 12.1 Å². The second-order valence-electron chi connectivity index (χ2n) is 9.67. The molecular formula is C27H29N5O3. The largest absolute Gasteiger partial charge is 0.490 e. The van der Waals surface area contributed by atoms with Crippen molar-refractivity contribution in [3.8, 4) is 34.7 Å². The average molecular weight is 472 g/mol. The lowest BCUT2D eigenvalue weighted by Gasteiger charge is -2.21. The van der Waals surface area contributed by atoms with Gasteiger partial charge in [-0.15, -0.1) is 0 Å². The predicted molar refractivity (Wildman–Crippen MR) is 131 cm³/mol. The van der Waals surface area contributed by atoms with Crippen molar-refractivity contribution in [2.75, 3.05) is 13.1 Å². The van der Waals surface area contributed by atoms with Crippen molar-refractivity contribution in [1.82, 2.24) is 20.4 Å². The maximum atomic E-state index is 12.8. The molecule has 1 aliphatic carbocycles. The Hall–Kier alpha value is -3.86. The van der Waals surface area contributed by atoms with Crippen LogP contribution in [0, 0.1) is 17.2 Å². The molecule has 1 aliphatic heterocycles. The van der Waals surface area contributed by atoms with E-state index in [1.807, 2.05) is 36.9 Å². The number of amides is 2. The van der Waals surface area contributed by atoms with Gasteiger partial charge in [0.25, 0.3) is 5.89 Å². The number of aromatic nitrogens is 2. The number of nitrogens with zero attached hydrogens (tertiary/aromatic N) is 4. The topological polar surface area (TPSA) is 104 Å². The van der Waals surface area contributed by atoms with Crippen molar-refractivity contribution >= 4 is 6.03 Å². The molecule has 0 spiro atoms. The second-order valence-corrected chi connectivity index (χ2v) is 9.67. The van der Waals surface area contributed by atoms with Gasteiger partial charge in [-0.2, -0.15) is 10.2 Å². The summed E-state index contributed by atoms with van der Waals surface area (Å²) in [4.78, 5) is 19.3. The molecule has 0 radical (unpaired) electrons. The number of carbonyl (C=O) groups excluding carboxylic acids is 1.